The largest absolute Gasteiger partial charge is 0.451 e. The van der Waals surface area contributed by atoms with Crippen LogP contribution in [0, 0.1) is 12.7 Å². The van der Waals surface area contributed by atoms with E-state index in [1.54, 1.807) is 6.92 Å². The number of amides is 2. The monoisotopic (exact) mass is 318 g/mol. The van der Waals surface area contributed by atoms with E-state index in [-0.39, 0.29) is 36.4 Å². The summed E-state index contributed by atoms with van der Waals surface area (Å²) < 4.78 is 18.8. The number of aryl methyl sites for hydroxylation is 1. The first-order valence-electron chi connectivity index (χ1n) is 7.81. The molecule has 3 rings (SSSR count). The van der Waals surface area contributed by atoms with E-state index in [0.717, 1.165) is 25.9 Å². The lowest BCUT2D eigenvalue weighted by Gasteiger charge is -2.14. The SMILES string of the molecule is Cc1c(C(=O)NCCC(=O)N2CCCC2)oc2ccc(F)cc12. The van der Waals surface area contributed by atoms with Gasteiger partial charge in [-0.1, -0.05) is 0 Å². The molecule has 5 nitrogen and oxygen atoms in total. The van der Waals surface area contributed by atoms with Crippen LogP contribution in [0.2, 0.25) is 0 Å². The number of carbonyl (C=O) groups excluding carboxylic acids is 2. The first-order valence-corrected chi connectivity index (χ1v) is 7.81. The normalized spacial score (nSPS) is 14.4. The second-order valence-corrected chi connectivity index (χ2v) is 5.79. The Bertz CT molecular complexity index is 748. The molecule has 1 saturated heterocycles. The molecule has 1 aromatic heterocycles. The third-order valence-electron chi connectivity index (χ3n) is 4.19. The van der Waals surface area contributed by atoms with Gasteiger partial charge in [-0.25, -0.2) is 4.39 Å². The number of halogens is 1. The molecule has 23 heavy (non-hydrogen) atoms. The maximum absolute atomic E-state index is 13.3. The van der Waals surface area contributed by atoms with Gasteiger partial charge in [0.15, 0.2) is 5.76 Å². The third-order valence-corrected chi connectivity index (χ3v) is 4.19. The number of likely N-dealkylation sites (tertiary alicyclic amines) is 1. The Morgan fingerprint density at radius 3 is 2.78 bits per heavy atom. The van der Waals surface area contributed by atoms with Gasteiger partial charge in [-0.05, 0) is 38.0 Å². The van der Waals surface area contributed by atoms with Crippen molar-refractivity contribution in [3.63, 3.8) is 0 Å². The van der Waals surface area contributed by atoms with Crippen LogP contribution in [0.5, 0.6) is 0 Å². The van der Waals surface area contributed by atoms with Gasteiger partial charge >= 0.3 is 0 Å². The molecule has 0 spiro atoms. The number of benzene rings is 1. The molecule has 1 fully saturated rings. The second-order valence-electron chi connectivity index (χ2n) is 5.79. The number of nitrogens with zero attached hydrogens (tertiary/aromatic N) is 1. The molecule has 2 heterocycles. The Morgan fingerprint density at radius 2 is 2.04 bits per heavy atom. The van der Waals surface area contributed by atoms with Gasteiger partial charge < -0.3 is 14.6 Å². The van der Waals surface area contributed by atoms with Gasteiger partial charge in [0.2, 0.25) is 5.91 Å². The Hall–Kier alpha value is -2.37. The smallest absolute Gasteiger partial charge is 0.287 e. The number of furan rings is 1. The van der Waals surface area contributed by atoms with Gasteiger partial charge in [0, 0.05) is 37.0 Å². The lowest BCUT2D eigenvalue weighted by molar-refractivity contribution is -0.129. The van der Waals surface area contributed by atoms with Crippen molar-refractivity contribution in [3.05, 3.63) is 35.3 Å². The predicted octanol–water partition coefficient (Wildman–Crippen LogP) is 2.62. The summed E-state index contributed by atoms with van der Waals surface area (Å²) >= 11 is 0. The number of carbonyl (C=O) groups is 2. The standard InChI is InChI=1S/C17H19FN2O3/c1-11-13-10-12(18)4-5-14(13)23-16(11)17(22)19-7-6-15(21)20-8-2-3-9-20/h4-5,10H,2-3,6-9H2,1H3,(H,19,22). The number of fused-ring (bicyclic) bond motifs is 1. The van der Waals surface area contributed by atoms with Gasteiger partial charge in [0.05, 0.1) is 0 Å². The highest BCUT2D eigenvalue weighted by Crippen LogP contribution is 2.25. The summed E-state index contributed by atoms with van der Waals surface area (Å²) in [5.41, 5.74) is 1.07. The van der Waals surface area contributed by atoms with Crippen LogP contribution in [-0.2, 0) is 4.79 Å². The molecule has 0 aliphatic carbocycles. The van der Waals surface area contributed by atoms with Crippen molar-refractivity contribution in [3.8, 4) is 0 Å². The van der Waals surface area contributed by atoms with Crippen molar-refractivity contribution in [2.75, 3.05) is 19.6 Å². The van der Waals surface area contributed by atoms with Crippen molar-refractivity contribution in [1.82, 2.24) is 10.2 Å². The molecule has 0 radical (unpaired) electrons. The molecule has 0 atom stereocenters. The van der Waals surface area contributed by atoms with Crippen LogP contribution >= 0.6 is 0 Å². The molecule has 2 amide bonds. The Kier molecular flexibility index (Phi) is 4.32. The molecule has 0 bridgehead atoms. The second kappa shape index (κ2) is 6.40. The van der Waals surface area contributed by atoms with Crippen LogP contribution in [0.15, 0.2) is 22.6 Å². The number of hydrogen-bond acceptors (Lipinski definition) is 3. The fraction of sp³-hybridized carbons (Fsp3) is 0.412. The number of hydrogen-bond donors (Lipinski definition) is 1. The van der Waals surface area contributed by atoms with Crippen molar-refractivity contribution in [2.45, 2.75) is 26.2 Å². The fourth-order valence-electron chi connectivity index (χ4n) is 2.90. The van der Waals surface area contributed by atoms with Gasteiger partial charge in [-0.2, -0.15) is 0 Å². The van der Waals surface area contributed by atoms with Gasteiger partial charge in [0.1, 0.15) is 11.4 Å². The highest BCUT2D eigenvalue weighted by atomic mass is 19.1. The van der Waals surface area contributed by atoms with E-state index in [1.807, 2.05) is 4.90 Å². The minimum Gasteiger partial charge on any atom is -0.451 e. The average molecular weight is 318 g/mol. The predicted molar refractivity (Wildman–Crippen MR) is 83.7 cm³/mol. The molecule has 2 aromatic rings. The highest BCUT2D eigenvalue weighted by molar-refractivity contribution is 5.99. The summed E-state index contributed by atoms with van der Waals surface area (Å²) in [4.78, 5) is 25.9. The maximum atomic E-state index is 13.3. The zero-order valence-electron chi connectivity index (χ0n) is 13.0. The maximum Gasteiger partial charge on any atom is 0.287 e. The first kappa shape index (κ1) is 15.5. The molecule has 6 heteroatoms. The third kappa shape index (κ3) is 3.21. The van der Waals surface area contributed by atoms with E-state index in [4.69, 9.17) is 4.42 Å². The molecule has 1 aliphatic rings. The lowest BCUT2D eigenvalue weighted by Crippen LogP contribution is -2.32. The summed E-state index contributed by atoms with van der Waals surface area (Å²) in [6, 6.07) is 4.15. The summed E-state index contributed by atoms with van der Waals surface area (Å²) in [6.45, 7) is 3.59. The van der Waals surface area contributed by atoms with Gasteiger partial charge in [-0.15, -0.1) is 0 Å². The van der Waals surface area contributed by atoms with E-state index in [1.165, 1.54) is 18.2 Å². The topological polar surface area (TPSA) is 62.6 Å². The molecule has 1 aliphatic heterocycles. The van der Waals surface area contributed by atoms with Crippen molar-refractivity contribution < 1.29 is 18.4 Å². The Balaban J connectivity index is 1.62. The molecular formula is C17H19FN2O3. The van der Waals surface area contributed by atoms with Gasteiger partial charge in [-0.3, -0.25) is 9.59 Å². The number of nitrogens with one attached hydrogen (secondary N) is 1. The average Bonchev–Trinajstić information content (AvgIpc) is 3.16. The van der Waals surface area contributed by atoms with Crippen LogP contribution in [0.25, 0.3) is 11.0 Å². The van der Waals surface area contributed by atoms with E-state index in [2.05, 4.69) is 5.32 Å². The first-order chi connectivity index (χ1) is 11.1. The van der Waals surface area contributed by atoms with E-state index in [0.29, 0.717) is 16.5 Å². The Morgan fingerprint density at radius 1 is 1.30 bits per heavy atom. The summed E-state index contributed by atoms with van der Waals surface area (Å²) in [6.07, 6.45) is 2.37. The molecule has 122 valence electrons. The zero-order valence-corrected chi connectivity index (χ0v) is 13.0. The van der Waals surface area contributed by atoms with E-state index < -0.39 is 0 Å². The van der Waals surface area contributed by atoms with E-state index in [9.17, 15) is 14.0 Å². The summed E-state index contributed by atoms with van der Waals surface area (Å²) in [5.74, 6) is -0.525. The minimum atomic E-state index is -0.381. The van der Waals surface area contributed by atoms with Crippen LogP contribution in [0.1, 0.15) is 35.4 Å². The highest BCUT2D eigenvalue weighted by Gasteiger charge is 2.20. The summed E-state index contributed by atoms with van der Waals surface area (Å²) in [7, 11) is 0. The van der Waals surface area contributed by atoms with Crippen LogP contribution in [0.4, 0.5) is 4.39 Å². The molecule has 1 aromatic carbocycles. The van der Waals surface area contributed by atoms with Crippen LogP contribution in [-0.4, -0.2) is 36.3 Å². The van der Waals surface area contributed by atoms with Crippen molar-refractivity contribution in [1.29, 1.82) is 0 Å². The fourth-order valence-corrected chi connectivity index (χ4v) is 2.90. The zero-order chi connectivity index (χ0) is 16.4. The van der Waals surface area contributed by atoms with Crippen LogP contribution < -0.4 is 5.32 Å². The Labute approximate surface area is 133 Å². The molecule has 0 unspecified atom stereocenters. The minimum absolute atomic E-state index is 0.0613. The molecular weight excluding hydrogens is 299 g/mol. The van der Waals surface area contributed by atoms with Crippen molar-refractivity contribution in [2.24, 2.45) is 0 Å². The van der Waals surface area contributed by atoms with Crippen LogP contribution in [0.3, 0.4) is 0 Å². The summed E-state index contributed by atoms with van der Waals surface area (Å²) in [5, 5.41) is 3.28. The van der Waals surface area contributed by atoms with E-state index >= 15 is 0 Å². The van der Waals surface area contributed by atoms with Crippen molar-refractivity contribution >= 4 is 22.8 Å². The molecule has 1 N–H and O–H groups in total. The molecule has 0 saturated carbocycles. The number of rotatable bonds is 4. The quantitative estimate of drug-likeness (QED) is 0.942. The van der Waals surface area contributed by atoms with Gasteiger partial charge in [0.25, 0.3) is 5.91 Å². The lowest BCUT2D eigenvalue weighted by atomic mass is 10.1.